The molecule has 9 N–H and O–H groups in total. The second kappa shape index (κ2) is 18.0. The average Bonchev–Trinajstić information content (AvgIpc) is 3.54. The second-order valence-electron chi connectivity index (χ2n) is 11.6. The Morgan fingerprint density at radius 3 is 1.96 bits per heavy atom. The molecule has 1 aliphatic rings. The molecule has 0 unspecified atom stereocenters. The van der Waals surface area contributed by atoms with Crippen LogP contribution in [-0.2, 0) is 36.8 Å². The maximum Gasteiger partial charge on any atom is 0.326 e. The Labute approximate surface area is 269 Å². The standard InChI is InChI=1S/C33H46N6O7/c1-21(40)28(35)31(43)36-24(15-8-9-17-34)32(44)39-18-10-16-27(39)30(42)37-25(19-22-11-4-2-5-12-22)29(41)38-26(33(45)46)20-23-13-6-3-7-14-23/h2-7,11-14,21,24-28,40H,8-10,15-20,34-35H2,1H3,(H,36,43)(H,37,42)(H,38,41)(H,45,46)/t21-,24+,25+,26+,27+,28+/m1/s1. The summed E-state index contributed by atoms with van der Waals surface area (Å²) < 4.78 is 0. The number of nitrogens with two attached hydrogens (primary N) is 2. The van der Waals surface area contributed by atoms with Gasteiger partial charge in [0.1, 0.15) is 30.2 Å². The highest BCUT2D eigenvalue weighted by atomic mass is 16.4. The molecule has 4 amide bonds. The van der Waals surface area contributed by atoms with Gasteiger partial charge in [-0.2, -0.15) is 0 Å². The maximum absolute atomic E-state index is 13.7. The lowest BCUT2D eigenvalue weighted by molar-refractivity contribution is -0.143. The van der Waals surface area contributed by atoms with Gasteiger partial charge in [-0.3, -0.25) is 19.2 Å². The summed E-state index contributed by atoms with van der Waals surface area (Å²) >= 11 is 0. The van der Waals surface area contributed by atoms with Gasteiger partial charge in [0, 0.05) is 19.4 Å². The van der Waals surface area contributed by atoms with Gasteiger partial charge in [-0.1, -0.05) is 60.7 Å². The number of nitrogens with zero attached hydrogens (tertiary/aromatic N) is 1. The normalized spacial score (nSPS) is 17.7. The van der Waals surface area contributed by atoms with Gasteiger partial charge < -0.3 is 42.5 Å². The van der Waals surface area contributed by atoms with Crippen LogP contribution in [0.1, 0.15) is 50.2 Å². The summed E-state index contributed by atoms with van der Waals surface area (Å²) in [6.45, 7) is 2.03. The van der Waals surface area contributed by atoms with Gasteiger partial charge in [-0.15, -0.1) is 0 Å². The van der Waals surface area contributed by atoms with Crippen LogP contribution in [0.25, 0.3) is 0 Å². The zero-order valence-corrected chi connectivity index (χ0v) is 26.1. The number of carboxylic acids is 1. The zero-order valence-electron chi connectivity index (χ0n) is 26.1. The van der Waals surface area contributed by atoms with Crippen LogP contribution in [0.2, 0.25) is 0 Å². The van der Waals surface area contributed by atoms with E-state index in [1.807, 2.05) is 6.07 Å². The highest BCUT2D eigenvalue weighted by Gasteiger charge is 2.39. The minimum Gasteiger partial charge on any atom is -0.480 e. The first-order valence-corrected chi connectivity index (χ1v) is 15.7. The molecule has 1 fully saturated rings. The van der Waals surface area contributed by atoms with Crippen LogP contribution in [0.4, 0.5) is 0 Å². The Morgan fingerprint density at radius 2 is 1.41 bits per heavy atom. The quantitative estimate of drug-likeness (QED) is 0.114. The Balaban J connectivity index is 1.79. The van der Waals surface area contributed by atoms with Gasteiger partial charge in [0.05, 0.1) is 6.10 Å². The van der Waals surface area contributed by atoms with Gasteiger partial charge in [-0.25, -0.2) is 4.79 Å². The molecular weight excluding hydrogens is 592 g/mol. The number of aliphatic carboxylic acids is 1. The van der Waals surface area contributed by atoms with Crippen molar-refractivity contribution in [2.24, 2.45) is 11.5 Å². The third-order valence-electron chi connectivity index (χ3n) is 8.04. The number of carboxylic acid groups (broad SMARTS) is 1. The third-order valence-corrected chi connectivity index (χ3v) is 8.04. The van der Waals surface area contributed by atoms with Crippen LogP contribution >= 0.6 is 0 Å². The van der Waals surface area contributed by atoms with Crippen molar-refractivity contribution in [2.45, 2.75) is 88.2 Å². The fourth-order valence-electron chi connectivity index (χ4n) is 5.39. The molecule has 0 aliphatic carbocycles. The molecule has 0 saturated carbocycles. The van der Waals surface area contributed by atoms with E-state index >= 15 is 0 Å². The lowest BCUT2D eigenvalue weighted by Gasteiger charge is -2.30. The third kappa shape index (κ3) is 10.6. The van der Waals surface area contributed by atoms with Crippen molar-refractivity contribution in [3.63, 3.8) is 0 Å². The summed E-state index contributed by atoms with van der Waals surface area (Å²) in [7, 11) is 0. The summed E-state index contributed by atoms with van der Waals surface area (Å²) in [4.78, 5) is 67.1. The molecule has 250 valence electrons. The van der Waals surface area contributed by atoms with E-state index in [1.165, 1.54) is 11.8 Å². The summed E-state index contributed by atoms with van der Waals surface area (Å²) in [5.41, 5.74) is 12.9. The van der Waals surface area contributed by atoms with E-state index < -0.39 is 65.9 Å². The van der Waals surface area contributed by atoms with Crippen molar-refractivity contribution in [2.75, 3.05) is 13.1 Å². The van der Waals surface area contributed by atoms with E-state index in [2.05, 4.69) is 16.0 Å². The number of hydrogen-bond acceptors (Lipinski definition) is 8. The van der Waals surface area contributed by atoms with Crippen LogP contribution < -0.4 is 27.4 Å². The molecular formula is C33H46N6O7. The highest BCUT2D eigenvalue weighted by Crippen LogP contribution is 2.21. The van der Waals surface area contributed by atoms with Crippen LogP contribution in [0.3, 0.4) is 0 Å². The topological polar surface area (TPSA) is 217 Å². The second-order valence-corrected chi connectivity index (χ2v) is 11.6. The molecule has 1 aliphatic heterocycles. The molecule has 0 radical (unpaired) electrons. The molecule has 1 heterocycles. The number of amides is 4. The molecule has 46 heavy (non-hydrogen) atoms. The van der Waals surface area contributed by atoms with E-state index in [1.54, 1.807) is 54.6 Å². The Morgan fingerprint density at radius 1 is 0.848 bits per heavy atom. The fraction of sp³-hybridized carbons (Fsp3) is 0.485. The minimum atomic E-state index is -1.24. The molecule has 0 spiro atoms. The predicted molar refractivity (Wildman–Crippen MR) is 171 cm³/mol. The number of rotatable bonds is 17. The van der Waals surface area contributed by atoms with Crippen molar-refractivity contribution in [1.29, 1.82) is 0 Å². The van der Waals surface area contributed by atoms with Crippen molar-refractivity contribution >= 4 is 29.6 Å². The SMILES string of the molecule is C[C@@H](O)[C@H](N)C(=O)N[C@@H](CCCCN)C(=O)N1CCC[C@H]1C(=O)N[C@@H](Cc1ccccc1)C(=O)N[C@@H](Cc1ccccc1)C(=O)O. The summed E-state index contributed by atoms with van der Waals surface area (Å²) in [5.74, 6) is -3.62. The number of unbranched alkanes of at least 4 members (excludes halogenated alkanes) is 1. The molecule has 3 rings (SSSR count). The molecule has 6 atom stereocenters. The fourth-order valence-corrected chi connectivity index (χ4v) is 5.39. The van der Waals surface area contributed by atoms with Gasteiger partial charge in [-0.05, 0) is 56.7 Å². The molecule has 0 aromatic heterocycles. The molecule has 2 aromatic rings. The number of carbonyl (C=O) groups is 5. The number of nitrogens with one attached hydrogen (secondary N) is 3. The summed E-state index contributed by atoms with van der Waals surface area (Å²) in [6.07, 6.45) is 1.27. The first-order chi connectivity index (χ1) is 22.0. The number of carbonyl (C=O) groups excluding carboxylic acids is 4. The number of aliphatic hydroxyl groups is 1. The average molecular weight is 639 g/mol. The lowest BCUT2D eigenvalue weighted by atomic mass is 10.0. The van der Waals surface area contributed by atoms with Crippen LogP contribution in [0.15, 0.2) is 60.7 Å². The van der Waals surface area contributed by atoms with Crippen molar-refractivity contribution in [3.05, 3.63) is 71.8 Å². The zero-order chi connectivity index (χ0) is 33.6. The summed E-state index contributed by atoms with van der Waals surface area (Å²) in [5, 5.41) is 27.6. The largest absolute Gasteiger partial charge is 0.480 e. The number of likely N-dealkylation sites (tertiary alicyclic amines) is 1. The van der Waals surface area contributed by atoms with Crippen molar-refractivity contribution < 1.29 is 34.2 Å². The monoisotopic (exact) mass is 638 g/mol. The van der Waals surface area contributed by atoms with Gasteiger partial charge in [0.25, 0.3) is 0 Å². The minimum absolute atomic E-state index is 0.0504. The number of hydrogen-bond donors (Lipinski definition) is 7. The summed E-state index contributed by atoms with van der Waals surface area (Å²) in [6, 6.07) is 12.4. The smallest absolute Gasteiger partial charge is 0.326 e. The number of benzene rings is 2. The van der Waals surface area contributed by atoms with Crippen molar-refractivity contribution in [3.8, 4) is 0 Å². The van der Waals surface area contributed by atoms with Crippen LogP contribution in [-0.4, -0.2) is 94.1 Å². The Hall–Kier alpha value is -4.33. The molecule has 1 saturated heterocycles. The van der Waals surface area contributed by atoms with Crippen LogP contribution in [0, 0.1) is 0 Å². The Bertz CT molecular complexity index is 1310. The van der Waals surface area contributed by atoms with E-state index in [0.717, 1.165) is 11.1 Å². The van der Waals surface area contributed by atoms with Crippen molar-refractivity contribution in [1.82, 2.24) is 20.9 Å². The van der Waals surface area contributed by atoms with E-state index in [4.69, 9.17) is 11.5 Å². The first kappa shape index (κ1) is 36.1. The van der Waals surface area contributed by atoms with E-state index in [9.17, 15) is 34.2 Å². The van der Waals surface area contributed by atoms with Gasteiger partial charge >= 0.3 is 5.97 Å². The van der Waals surface area contributed by atoms with E-state index in [0.29, 0.717) is 32.2 Å². The van der Waals surface area contributed by atoms with Gasteiger partial charge in [0.2, 0.25) is 23.6 Å². The van der Waals surface area contributed by atoms with E-state index in [-0.39, 0.29) is 25.8 Å². The lowest BCUT2D eigenvalue weighted by Crippen LogP contribution is -2.59. The first-order valence-electron chi connectivity index (χ1n) is 15.7. The van der Waals surface area contributed by atoms with Gasteiger partial charge in [0.15, 0.2) is 0 Å². The predicted octanol–water partition coefficient (Wildman–Crippen LogP) is -0.161. The molecule has 0 bridgehead atoms. The highest BCUT2D eigenvalue weighted by molar-refractivity contribution is 5.96. The number of aliphatic hydroxyl groups excluding tert-OH is 1. The molecule has 2 aromatic carbocycles. The Kier molecular flexibility index (Phi) is 14.1. The van der Waals surface area contributed by atoms with Crippen LogP contribution in [0.5, 0.6) is 0 Å². The molecule has 13 heteroatoms. The molecule has 13 nitrogen and oxygen atoms in total. The maximum atomic E-state index is 13.7.